The van der Waals surface area contributed by atoms with Gasteiger partial charge in [-0.1, -0.05) is 6.08 Å². The maximum atomic E-state index is 9.30. The number of aliphatic hydroxyl groups excluding tert-OH is 1. The zero-order chi connectivity index (χ0) is 12.7. The fraction of sp³-hybridized carbons (Fsp3) is 0.833. The van der Waals surface area contributed by atoms with Crippen molar-refractivity contribution in [3.8, 4) is 0 Å². The van der Waals surface area contributed by atoms with Crippen LogP contribution in [0.2, 0.25) is 0 Å². The quantitative estimate of drug-likeness (QED) is 0.742. The van der Waals surface area contributed by atoms with Crippen molar-refractivity contribution in [2.45, 2.75) is 50.7 Å². The molecule has 0 bridgehead atoms. The zero-order valence-corrected chi connectivity index (χ0v) is 10.5. The van der Waals surface area contributed by atoms with Gasteiger partial charge in [0.05, 0.1) is 13.2 Å². The predicted octanol–water partition coefficient (Wildman–Crippen LogP) is 0.816. The first-order chi connectivity index (χ1) is 7.93. The molecule has 2 saturated heterocycles. The highest BCUT2D eigenvalue weighted by molar-refractivity contribution is 5.04. The standard InChI is InChI=1S/C12H20O5/c1-5-6-14-10-12(4)9(8(7-13)15-10)16-11(2,3)17-12/h5,8-10,13H,1,6-7H2,2-4H3/t8?,9-,10?,12-/m1/s1. The van der Waals surface area contributed by atoms with E-state index in [9.17, 15) is 5.11 Å². The number of hydrogen-bond acceptors (Lipinski definition) is 5. The fourth-order valence-corrected chi connectivity index (χ4v) is 2.53. The first kappa shape index (κ1) is 13.0. The molecule has 17 heavy (non-hydrogen) atoms. The number of ether oxygens (including phenoxy) is 4. The second-order valence-electron chi connectivity index (χ2n) is 5.04. The van der Waals surface area contributed by atoms with E-state index in [0.29, 0.717) is 6.61 Å². The Labute approximate surface area is 101 Å². The minimum atomic E-state index is -0.695. The van der Waals surface area contributed by atoms with E-state index in [1.165, 1.54) is 0 Å². The Morgan fingerprint density at radius 3 is 2.71 bits per heavy atom. The SMILES string of the molecule is C=CCOC1OC(CO)[C@H]2OC(C)(C)O[C@@]12C. The van der Waals surface area contributed by atoms with Crippen LogP contribution in [-0.2, 0) is 18.9 Å². The van der Waals surface area contributed by atoms with Crippen molar-refractivity contribution >= 4 is 0 Å². The van der Waals surface area contributed by atoms with Gasteiger partial charge in [0.1, 0.15) is 17.8 Å². The van der Waals surface area contributed by atoms with E-state index >= 15 is 0 Å². The van der Waals surface area contributed by atoms with Crippen molar-refractivity contribution in [2.75, 3.05) is 13.2 Å². The maximum Gasteiger partial charge on any atom is 0.190 e. The van der Waals surface area contributed by atoms with E-state index in [2.05, 4.69) is 6.58 Å². The monoisotopic (exact) mass is 244 g/mol. The second-order valence-corrected chi connectivity index (χ2v) is 5.04. The van der Waals surface area contributed by atoms with Gasteiger partial charge in [-0.15, -0.1) is 6.58 Å². The average molecular weight is 244 g/mol. The van der Waals surface area contributed by atoms with E-state index in [4.69, 9.17) is 18.9 Å². The minimum Gasteiger partial charge on any atom is -0.394 e. The van der Waals surface area contributed by atoms with E-state index in [-0.39, 0.29) is 12.7 Å². The average Bonchev–Trinajstić information content (AvgIpc) is 2.62. The molecule has 5 nitrogen and oxygen atoms in total. The summed E-state index contributed by atoms with van der Waals surface area (Å²) in [5, 5.41) is 9.30. The van der Waals surface area contributed by atoms with Crippen LogP contribution in [0.3, 0.4) is 0 Å². The lowest BCUT2D eigenvalue weighted by Crippen LogP contribution is -2.45. The lowest BCUT2D eigenvalue weighted by atomic mass is 9.98. The molecular formula is C12H20O5. The number of fused-ring (bicyclic) bond motifs is 1. The minimum absolute atomic E-state index is 0.117. The van der Waals surface area contributed by atoms with Crippen LogP contribution in [0.25, 0.3) is 0 Å². The Kier molecular flexibility index (Phi) is 3.31. The van der Waals surface area contributed by atoms with Gasteiger partial charge < -0.3 is 24.1 Å². The third-order valence-corrected chi connectivity index (χ3v) is 3.09. The van der Waals surface area contributed by atoms with Crippen molar-refractivity contribution in [3.63, 3.8) is 0 Å². The Morgan fingerprint density at radius 2 is 2.12 bits per heavy atom. The van der Waals surface area contributed by atoms with Crippen LogP contribution < -0.4 is 0 Å². The number of rotatable bonds is 4. The molecular weight excluding hydrogens is 224 g/mol. The summed E-state index contributed by atoms with van der Waals surface area (Å²) in [6.45, 7) is 9.42. The zero-order valence-electron chi connectivity index (χ0n) is 10.5. The molecule has 2 aliphatic heterocycles. The smallest absolute Gasteiger partial charge is 0.190 e. The summed E-state index contributed by atoms with van der Waals surface area (Å²) in [4.78, 5) is 0. The van der Waals surface area contributed by atoms with E-state index in [0.717, 1.165) is 0 Å². The molecule has 4 atom stereocenters. The Morgan fingerprint density at radius 1 is 1.41 bits per heavy atom. The summed E-state index contributed by atoms with van der Waals surface area (Å²) < 4.78 is 22.8. The molecule has 2 fully saturated rings. The molecule has 0 amide bonds. The maximum absolute atomic E-state index is 9.30. The highest BCUT2D eigenvalue weighted by Gasteiger charge is 2.63. The molecule has 0 saturated carbocycles. The van der Waals surface area contributed by atoms with Gasteiger partial charge in [0, 0.05) is 0 Å². The highest BCUT2D eigenvalue weighted by atomic mass is 16.8. The molecule has 0 aromatic carbocycles. The van der Waals surface area contributed by atoms with E-state index < -0.39 is 23.8 Å². The molecule has 2 rings (SSSR count). The molecule has 0 spiro atoms. The lowest BCUT2D eigenvalue weighted by molar-refractivity contribution is -0.255. The van der Waals surface area contributed by atoms with Crippen molar-refractivity contribution < 1.29 is 24.1 Å². The first-order valence-corrected chi connectivity index (χ1v) is 5.80. The predicted molar refractivity (Wildman–Crippen MR) is 60.3 cm³/mol. The normalized spacial score (nSPS) is 43.6. The van der Waals surface area contributed by atoms with Crippen molar-refractivity contribution in [2.24, 2.45) is 0 Å². The van der Waals surface area contributed by atoms with Crippen molar-refractivity contribution in [3.05, 3.63) is 12.7 Å². The second kappa shape index (κ2) is 4.33. The van der Waals surface area contributed by atoms with Crippen LogP contribution in [0.15, 0.2) is 12.7 Å². The molecule has 2 aliphatic rings. The molecule has 1 N–H and O–H groups in total. The van der Waals surface area contributed by atoms with Crippen LogP contribution >= 0.6 is 0 Å². The molecule has 0 aliphatic carbocycles. The molecule has 0 aromatic heterocycles. The van der Waals surface area contributed by atoms with Crippen LogP contribution in [0.5, 0.6) is 0 Å². The van der Waals surface area contributed by atoms with Gasteiger partial charge in [-0.05, 0) is 20.8 Å². The van der Waals surface area contributed by atoms with Gasteiger partial charge >= 0.3 is 0 Å². The summed E-state index contributed by atoms with van der Waals surface area (Å²) in [6, 6.07) is 0. The summed E-state index contributed by atoms with van der Waals surface area (Å²) in [5.41, 5.74) is -0.695. The molecule has 2 heterocycles. The summed E-state index contributed by atoms with van der Waals surface area (Å²) in [5.74, 6) is -0.688. The largest absolute Gasteiger partial charge is 0.394 e. The lowest BCUT2D eigenvalue weighted by Gasteiger charge is -2.28. The van der Waals surface area contributed by atoms with Crippen molar-refractivity contribution in [1.82, 2.24) is 0 Å². The molecule has 0 aromatic rings. The van der Waals surface area contributed by atoms with Gasteiger partial charge in [0.15, 0.2) is 12.1 Å². The van der Waals surface area contributed by atoms with E-state index in [1.807, 2.05) is 20.8 Å². The van der Waals surface area contributed by atoms with Crippen LogP contribution in [0, 0.1) is 0 Å². The van der Waals surface area contributed by atoms with Crippen molar-refractivity contribution in [1.29, 1.82) is 0 Å². The Bertz CT molecular complexity index is 303. The van der Waals surface area contributed by atoms with Gasteiger partial charge in [-0.25, -0.2) is 0 Å². The Balaban J connectivity index is 2.18. The summed E-state index contributed by atoms with van der Waals surface area (Å²) >= 11 is 0. The number of hydrogen-bond donors (Lipinski definition) is 1. The van der Waals surface area contributed by atoms with Gasteiger partial charge in [0.25, 0.3) is 0 Å². The van der Waals surface area contributed by atoms with Crippen LogP contribution in [0.4, 0.5) is 0 Å². The molecule has 2 unspecified atom stereocenters. The Hall–Kier alpha value is -0.460. The molecule has 0 radical (unpaired) electrons. The first-order valence-electron chi connectivity index (χ1n) is 5.80. The summed E-state index contributed by atoms with van der Waals surface area (Å²) in [6.07, 6.45) is 0.355. The van der Waals surface area contributed by atoms with Crippen LogP contribution in [-0.4, -0.2) is 48.2 Å². The molecule has 98 valence electrons. The van der Waals surface area contributed by atoms with Gasteiger partial charge in [-0.2, -0.15) is 0 Å². The topological polar surface area (TPSA) is 57.2 Å². The molecule has 5 heteroatoms. The van der Waals surface area contributed by atoms with Gasteiger partial charge in [0.2, 0.25) is 0 Å². The van der Waals surface area contributed by atoms with E-state index in [1.54, 1.807) is 6.08 Å². The third-order valence-electron chi connectivity index (χ3n) is 3.09. The fourth-order valence-electron chi connectivity index (χ4n) is 2.53. The summed E-state index contributed by atoms with van der Waals surface area (Å²) in [7, 11) is 0. The number of aliphatic hydroxyl groups is 1. The van der Waals surface area contributed by atoms with Crippen LogP contribution in [0.1, 0.15) is 20.8 Å². The van der Waals surface area contributed by atoms with Gasteiger partial charge in [-0.3, -0.25) is 0 Å². The highest BCUT2D eigenvalue weighted by Crippen LogP contribution is 2.46. The third kappa shape index (κ3) is 2.13.